The predicted octanol–water partition coefficient (Wildman–Crippen LogP) is 2.29. The Morgan fingerprint density at radius 1 is 1.23 bits per heavy atom. The number of carbonyl (C=O) groups is 1. The number of aromatic nitrogens is 3. The van der Waals surface area contributed by atoms with Gasteiger partial charge in [-0.2, -0.15) is 5.10 Å². The second-order valence-electron chi connectivity index (χ2n) is 5.82. The molecule has 3 heterocycles. The molecular formula is C17H22N4O. The molecule has 5 nitrogen and oxygen atoms in total. The lowest BCUT2D eigenvalue weighted by Gasteiger charge is -2.36. The number of nitrogens with zero attached hydrogens (tertiary/aromatic N) is 4. The van der Waals surface area contributed by atoms with E-state index in [9.17, 15) is 4.79 Å². The number of pyridine rings is 1. The minimum Gasteiger partial charge on any atom is -0.338 e. The van der Waals surface area contributed by atoms with Gasteiger partial charge in [0.2, 0.25) is 5.91 Å². The van der Waals surface area contributed by atoms with E-state index in [2.05, 4.69) is 15.0 Å². The zero-order chi connectivity index (χ0) is 15.2. The molecule has 2 aromatic rings. The minimum absolute atomic E-state index is 0.258. The summed E-state index contributed by atoms with van der Waals surface area (Å²) in [7, 11) is 0. The maximum atomic E-state index is 12.6. The van der Waals surface area contributed by atoms with Gasteiger partial charge in [0.05, 0.1) is 12.6 Å². The maximum Gasteiger partial charge on any atom is 0.223 e. The van der Waals surface area contributed by atoms with Crippen LogP contribution >= 0.6 is 0 Å². The Bertz CT molecular complexity index is 582. The first-order valence-electron chi connectivity index (χ1n) is 7.99. The molecule has 2 aromatic heterocycles. The van der Waals surface area contributed by atoms with Crippen LogP contribution in [0.15, 0.2) is 43.0 Å². The number of piperidine rings is 1. The zero-order valence-corrected chi connectivity index (χ0v) is 12.8. The minimum atomic E-state index is 0.258. The van der Waals surface area contributed by atoms with Crippen LogP contribution in [0.1, 0.15) is 31.2 Å². The maximum absolute atomic E-state index is 12.6. The van der Waals surface area contributed by atoms with Gasteiger partial charge in [0.25, 0.3) is 0 Å². The van der Waals surface area contributed by atoms with E-state index in [-0.39, 0.29) is 11.9 Å². The summed E-state index contributed by atoms with van der Waals surface area (Å²) >= 11 is 0. The normalized spacial score (nSPS) is 18.4. The number of aryl methyl sites for hydroxylation is 1. The fraction of sp³-hybridized carbons (Fsp3) is 0.471. The summed E-state index contributed by atoms with van der Waals surface area (Å²) in [5.41, 5.74) is 1.17. The van der Waals surface area contributed by atoms with Gasteiger partial charge in [0.15, 0.2) is 0 Å². The van der Waals surface area contributed by atoms with Crippen LogP contribution in [-0.4, -0.2) is 38.2 Å². The van der Waals surface area contributed by atoms with E-state index in [4.69, 9.17) is 0 Å². The van der Waals surface area contributed by atoms with Crippen LogP contribution in [0.25, 0.3) is 0 Å². The molecule has 0 bridgehead atoms. The van der Waals surface area contributed by atoms with Crippen LogP contribution in [0.3, 0.4) is 0 Å². The van der Waals surface area contributed by atoms with Crippen molar-refractivity contribution in [2.75, 3.05) is 6.54 Å². The highest BCUT2D eigenvalue weighted by atomic mass is 16.2. The van der Waals surface area contributed by atoms with Gasteiger partial charge in [-0.25, -0.2) is 0 Å². The number of hydrogen-bond acceptors (Lipinski definition) is 3. The van der Waals surface area contributed by atoms with Gasteiger partial charge in [-0.05, 0) is 49.4 Å². The SMILES string of the molecule is O=C(CCc1ccncc1)N1CCCC[C@H]1Cn1cccn1. The molecule has 0 N–H and O–H groups in total. The third kappa shape index (κ3) is 3.72. The summed E-state index contributed by atoms with van der Waals surface area (Å²) in [6, 6.07) is 6.16. The van der Waals surface area contributed by atoms with Crippen molar-refractivity contribution in [1.29, 1.82) is 0 Å². The first kappa shape index (κ1) is 14.8. The predicted molar refractivity (Wildman–Crippen MR) is 84.1 cm³/mol. The van der Waals surface area contributed by atoms with E-state index in [0.717, 1.165) is 32.4 Å². The highest BCUT2D eigenvalue weighted by Crippen LogP contribution is 2.20. The molecule has 1 aliphatic heterocycles. The summed E-state index contributed by atoms with van der Waals surface area (Å²) in [4.78, 5) is 18.7. The molecule has 1 saturated heterocycles. The van der Waals surface area contributed by atoms with Crippen LogP contribution in [0.2, 0.25) is 0 Å². The van der Waals surface area contributed by atoms with Crippen molar-refractivity contribution in [3.05, 3.63) is 48.5 Å². The van der Waals surface area contributed by atoms with Gasteiger partial charge in [0, 0.05) is 37.8 Å². The van der Waals surface area contributed by atoms with Gasteiger partial charge in [-0.1, -0.05) is 0 Å². The lowest BCUT2D eigenvalue weighted by Crippen LogP contribution is -2.46. The van der Waals surface area contributed by atoms with Gasteiger partial charge < -0.3 is 4.90 Å². The topological polar surface area (TPSA) is 51.0 Å². The van der Waals surface area contributed by atoms with Crippen LogP contribution in [0.5, 0.6) is 0 Å². The quantitative estimate of drug-likeness (QED) is 0.851. The fourth-order valence-electron chi connectivity index (χ4n) is 3.09. The van der Waals surface area contributed by atoms with Gasteiger partial charge >= 0.3 is 0 Å². The molecule has 0 aliphatic carbocycles. The third-order valence-electron chi connectivity index (χ3n) is 4.28. The summed E-state index contributed by atoms with van der Waals surface area (Å²) in [5, 5.41) is 4.27. The lowest BCUT2D eigenvalue weighted by atomic mass is 10.0. The zero-order valence-electron chi connectivity index (χ0n) is 12.8. The fourth-order valence-corrected chi connectivity index (χ4v) is 3.09. The molecule has 0 aromatic carbocycles. The third-order valence-corrected chi connectivity index (χ3v) is 4.28. The van der Waals surface area contributed by atoms with Gasteiger partial charge in [0.1, 0.15) is 0 Å². The van der Waals surface area contributed by atoms with Crippen molar-refractivity contribution in [1.82, 2.24) is 19.7 Å². The van der Waals surface area contributed by atoms with Crippen molar-refractivity contribution in [3.8, 4) is 0 Å². The van der Waals surface area contributed by atoms with Gasteiger partial charge in [-0.15, -0.1) is 0 Å². The van der Waals surface area contributed by atoms with Crippen LogP contribution in [-0.2, 0) is 17.8 Å². The second kappa shape index (κ2) is 7.20. The first-order valence-corrected chi connectivity index (χ1v) is 7.99. The van der Waals surface area contributed by atoms with E-state index < -0.39 is 0 Å². The molecule has 116 valence electrons. The van der Waals surface area contributed by atoms with Crippen LogP contribution < -0.4 is 0 Å². The Balaban J connectivity index is 1.58. The molecule has 1 atom stereocenters. The molecule has 1 amide bonds. The van der Waals surface area contributed by atoms with E-state index in [0.29, 0.717) is 6.42 Å². The summed E-state index contributed by atoms with van der Waals surface area (Å²) in [6.07, 6.45) is 12.0. The Hall–Kier alpha value is -2.17. The van der Waals surface area contributed by atoms with Crippen molar-refractivity contribution in [2.45, 2.75) is 44.7 Å². The van der Waals surface area contributed by atoms with Crippen molar-refractivity contribution in [2.24, 2.45) is 0 Å². The lowest BCUT2D eigenvalue weighted by molar-refractivity contribution is -0.135. The molecule has 1 aliphatic rings. The number of amides is 1. The van der Waals surface area contributed by atoms with E-state index in [1.165, 1.54) is 12.0 Å². The molecule has 0 saturated carbocycles. The second-order valence-corrected chi connectivity index (χ2v) is 5.82. The molecule has 5 heteroatoms. The van der Waals surface area contributed by atoms with E-state index in [1.54, 1.807) is 18.6 Å². The van der Waals surface area contributed by atoms with Gasteiger partial charge in [-0.3, -0.25) is 14.5 Å². The molecule has 0 radical (unpaired) electrons. The largest absolute Gasteiger partial charge is 0.338 e. The average Bonchev–Trinajstić information content (AvgIpc) is 3.07. The smallest absolute Gasteiger partial charge is 0.223 e. The molecule has 0 unspecified atom stereocenters. The molecule has 1 fully saturated rings. The molecular weight excluding hydrogens is 276 g/mol. The van der Waals surface area contributed by atoms with Crippen molar-refractivity contribution < 1.29 is 4.79 Å². The van der Waals surface area contributed by atoms with Crippen molar-refractivity contribution >= 4 is 5.91 Å². The highest BCUT2D eigenvalue weighted by Gasteiger charge is 2.26. The summed E-state index contributed by atoms with van der Waals surface area (Å²) in [5.74, 6) is 0.258. The van der Waals surface area contributed by atoms with E-state index in [1.807, 2.05) is 29.1 Å². The number of rotatable bonds is 5. The standard InChI is InChI=1S/C17H22N4O/c22-17(6-5-15-7-10-18-11-8-15)21-13-2-1-4-16(21)14-20-12-3-9-19-20/h3,7-12,16H,1-2,4-6,13-14H2/t16-/m0/s1. The Labute approximate surface area is 131 Å². The Morgan fingerprint density at radius 2 is 2.09 bits per heavy atom. The van der Waals surface area contributed by atoms with E-state index >= 15 is 0 Å². The number of likely N-dealkylation sites (tertiary alicyclic amines) is 1. The van der Waals surface area contributed by atoms with Crippen molar-refractivity contribution in [3.63, 3.8) is 0 Å². The highest BCUT2D eigenvalue weighted by molar-refractivity contribution is 5.76. The molecule has 0 spiro atoms. The summed E-state index contributed by atoms with van der Waals surface area (Å²) < 4.78 is 1.93. The number of carbonyl (C=O) groups excluding carboxylic acids is 1. The average molecular weight is 298 g/mol. The molecule has 22 heavy (non-hydrogen) atoms. The summed E-state index contributed by atoms with van der Waals surface area (Å²) in [6.45, 7) is 1.68. The van der Waals surface area contributed by atoms with Crippen LogP contribution in [0.4, 0.5) is 0 Å². The first-order chi connectivity index (χ1) is 10.8. The number of hydrogen-bond donors (Lipinski definition) is 0. The molecule has 3 rings (SSSR count). The Kier molecular flexibility index (Phi) is 4.83. The van der Waals surface area contributed by atoms with Crippen LogP contribution in [0, 0.1) is 0 Å². The monoisotopic (exact) mass is 298 g/mol. The Morgan fingerprint density at radius 3 is 2.86 bits per heavy atom.